The summed E-state index contributed by atoms with van der Waals surface area (Å²) in [6.07, 6.45) is -0.457. The van der Waals surface area contributed by atoms with Gasteiger partial charge in [0.05, 0.1) is 11.8 Å². The van der Waals surface area contributed by atoms with Crippen LogP contribution in [0.3, 0.4) is 0 Å². The lowest BCUT2D eigenvalue weighted by atomic mass is 10.1. The molecule has 1 fully saturated rings. The van der Waals surface area contributed by atoms with Crippen LogP contribution in [0.5, 0.6) is 0 Å². The van der Waals surface area contributed by atoms with Crippen molar-refractivity contribution in [3.8, 4) is 5.69 Å². The van der Waals surface area contributed by atoms with Crippen LogP contribution >= 0.6 is 0 Å². The predicted molar refractivity (Wildman–Crippen MR) is 84.5 cm³/mol. The number of aromatic nitrogens is 2. The third kappa shape index (κ3) is 3.46. The number of amides is 1. The highest BCUT2D eigenvalue weighted by atomic mass is 16.3. The smallest absolute Gasteiger partial charge is 0.271 e. The molecule has 7 heteroatoms. The molecule has 2 atom stereocenters. The third-order valence-electron chi connectivity index (χ3n) is 3.86. The Morgan fingerprint density at radius 1 is 1.26 bits per heavy atom. The minimum atomic E-state index is -0.457. The SMILES string of the molecule is O=C(NCC1CNCC1O)c1ccc(=O)n(-c2ccccc2)n1. The van der Waals surface area contributed by atoms with Gasteiger partial charge in [-0.3, -0.25) is 9.59 Å². The molecule has 1 aliphatic heterocycles. The Balaban J connectivity index is 1.75. The van der Waals surface area contributed by atoms with Crippen LogP contribution in [0.15, 0.2) is 47.3 Å². The number of hydrogen-bond acceptors (Lipinski definition) is 5. The summed E-state index contributed by atoms with van der Waals surface area (Å²) in [5.74, 6) is -0.382. The number of β-amino-alcohol motifs (C(OH)–C–C–N with tert-alkyl or cyclic N) is 1. The van der Waals surface area contributed by atoms with Crippen molar-refractivity contribution >= 4 is 5.91 Å². The summed E-state index contributed by atoms with van der Waals surface area (Å²) < 4.78 is 1.20. The molecule has 1 amide bonds. The Morgan fingerprint density at radius 2 is 2.04 bits per heavy atom. The van der Waals surface area contributed by atoms with Crippen molar-refractivity contribution in [3.05, 3.63) is 58.5 Å². The quantitative estimate of drug-likeness (QED) is 0.710. The van der Waals surface area contributed by atoms with E-state index in [-0.39, 0.29) is 23.1 Å². The van der Waals surface area contributed by atoms with Crippen molar-refractivity contribution in [2.75, 3.05) is 19.6 Å². The Morgan fingerprint density at radius 3 is 2.74 bits per heavy atom. The van der Waals surface area contributed by atoms with E-state index in [9.17, 15) is 14.7 Å². The zero-order chi connectivity index (χ0) is 16.2. The second-order valence-corrected chi connectivity index (χ2v) is 5.50. The summed E-state index contributed by atoms with van der Waals surface area (Å²) in [6, 6.07) is 11.6. The molecule has 0 saturated carbocycles. The van der Waals surface area contributed by atoms with E-state index in [0.717, 1.165) is 0 Å². The number of hydrogen-bond donors (Lipinski definition) is 3. The normalized spacial score (nSPS) is 20.4. The first-order valence-electron chi connectivity index (χ1n) is 7.48. The van der Waals surface area contributed by atoms with Crippen LogP contribution in [-0.2, 0) is 0 Å². The largest absolute Gasteiger partial charge is 0.391 e. The number of carbonyl (C=O) groups excluding carboxylic acids is 1. The van der Waals surface area contributed by atoms with E-state index in [1.54, 1.807) is 24.3 Å². The van der Waals surface area contributed by atoms with E-state index < -0.39 is 6.10 Å². The molecule has 120 valence electrons. The van der Waals surface area contributed by atoms with Crippen molar-refractivity contribution in [3.63, 3.8) is 0 Å². The monoisotopic (exact) mass is 314 g/mol. The zero-order valence-electron chi connectivity index (χ0n) is 12.5. The maximum absolute atomic E-state index is 12.2. The number of benzene rings is 1. The van der Waals surface area contributed by atoms with Gasteiger partial charge in [0, 0.05) is 31.6 Å². The molecular formula is C16H18N4O3. The van der Waals surface area contributed by atoms with Gasteiger partial charge in [0.15, 0.2) is 0 Å². The Kier molecular flexibility index (Phi) is 4.50. The summed E-state index contributed by atoms with van der Waals surface area (Å²) in [5, 5.41) is 19.7. The average Bonchev–Trinajstić information content (AvgIpc) is 2.99. The molecule has 3 N–H and O–H groups in total. The lowest BCUT2D eigenvalue weighted by molar-refractivity contribution is 0.0920. The van der Waals surface area contributed by atoms with Crippen LogP contribution in [0.2, 0.25) is 0 Å². The minimum Gasteiger partial charge on any atom is -0.391 e. The maximum Gasteiger partial charge on any atom is 0.271 e. The summed E-state index contributed by atoms with van der Waals surface area (Å²) in [6.45, 7) is 1.56. The van der Waals surface area contributed by atoms with Crippen molar-refractivity contribution in [2.24, 2.45) is 5.92 Å². The van der Waals surface area contributed by atoms with Crippen molar-refractivity contribution < 1.29 is 9.90 Å². The molecule has 2 heterocycles. The summed E-state index contributed by atoms with van der Waals surface area (Å²) in [7, 11) is 0. The zero-order valence-corrected chi connectivity index (χ0v) is 12.5. The first-order chi connectivity index (χ1) is 11.1. The molecule has 7 nitrogen and oxygen atoms in total. The van der Waals surface area contributed by atoms with Gasteiger partial charge in [0.2, 0.25) is 0 Å². The molecule has 23 heavy (non-hydrogen) atoms. The van der Waals surface area contributed by atoms with Gasteiger partial charge in [0.1, 0.15) is 5.69 Å². The molecule has 1 aliphatic rings. The third-order valence-corrected chi connectivity index (χ3v) is 3.86. The van der Waals surface area contributed by atoms with Crippen LogP contribution in [0, 0.1) is 5.92 Å². The maximum atomic E-state index is 12.2. The number of nitrogens with one attached hydrogen (secondary N) is 2. The first-order valence-corrected chi connectivity index (χ1v) is 7.48. The molecular weight excluding hydrogens is 296 g/mol. The van der Waals surface area contributed by atoms with E-state index in [1.165, 1.54) is 16.8 Å². The molecule has 2 aromatic rings. The first kappa shape index (κ1) is 15.4. The number of para-hydroxylation sites is 1. The Hall–Kier alpha value is -2.51. The van der Waals surface area contributed by atoms with Crippen molar-refractivity contribution in [1.82, 2.24) is 20.4 Å². The number of aliphatic hydroxyl groups excluding tert-OH is 1. The van der Waals surface area contributed by atoms with Crippen LogP contribution < -0.4 is 16.2 Å². The van der Waals surface area contributed by atoms with E-state index >= 15 is 0 Å². The molecule has 1 aromatic carbocycles. The van der Waals surface area contributed by atoms with Gasteiger partial charge in [-0.15, -0.1) is 0 Å². The van der Waals surface area contributed by atoms with Gasteiger partial charge in [-0.1, -0.05) is 18.2 Å². The molecule has 3 rings (SSSR count). The molecule has 0 bridgehead atoms. The van der Waals surface area contributed by atoms with Gasteiger partial charge in [-0.05, 0) is 18.2 Å². The standard InChI is InChI=1S/C16H18N4O3/c21-14-10-17-8-11(14)9-18-16(23)13-6-7-15(22)20(19-13)12-4-2-1-3-5-12/h1-7,11,14,17,21H,8-10H2,(H,18,23). The van der Waals surface area contributed by atoms with Crippen molar-refractivity contribution in [2.45, 2.75) is 6.10 Å². The highest BCUT2D eigenvalue weighted by Gasteiger charge is 2.25. The van der Waals surface area contributed by atoms with E-state index in [1.807, 2.05) is 6.07 Å². The van der Waals surface area contributed by atoms with Gasteiger partial charge >= 0.3 is 0 Å². The fourth-order valence-electron chi connectivity index (χ4n) is 2.53. The summed E-state index contributed by atoms with van der Waals surface area (Å²) >= 11 is 0. The topological polar surface area (TPSA) is 96.3 Å². The van der Waals surface area contributed by atoms with Crippen LogP contribution in [0.4, 0.5) is 0 Å². The number of nitrogens with zero attached hydrogens (tertiary/aromatic N) is 2. The summed E-state index contributed by atoms with van der Waals surface area (Å²) in [4.78, 5) is 24.1. The lowest BCUT2D eigenvalue weighted by Crippen LogP contribution is -2.35. The van der Waals surface area contributed by atoms with Crippen LogP contribution in [-0.4, -0.2) is 46.5 Å². The lowest BCUT2D eigenvalue weighted by Gasteiger charge is -2.14. The fraction of sp³-hybridized carbons (Fsp3) is 0.312. The predicted octanol–water partition coefficient (Wildman–Crippen LogP) is -0.457. The average molecular weight is 314 g/mol. The van der Waals surface area contributed by atoms with E-state index in [0.29, 0.717) is 25.3 Å². The molecule has 0 spiro atoms. The van der Waals surface area contributed by atoms with Gasteiger partial charge in [-0.25, -0.2) is 0 Å². The highest BCUT2D eigenvalue weighted by molar-refractivity contribution is 5.92. The van der Waals surface area contributed by atoms with Crippen LogP contribution in [0.1, 0.15) is 10.5 Å². The van der Waals surface area contributed by atoms with Crippen LogP contribution in [0.25, 0.3) is 5.69 Å². The number of rotatable bonds is 4. The second kappa shape index (κ2) is 6.72. The van der Waals surface area contributed by atoms with Crippen molar-refractivity contribution in [1.29, 1.82) is 0 Å². The Labute approximate surface area is 133 Å². The number of carbonyl (C=O) groups is 1. The highest BCUT2D eigenvalue weighted by Crippen LogP contribution is 2.07. The summed E-state index contributed by atoms with van der Waals surface area (Å²) in [5.41, 5.74) is 0.458. The van der Waals surface area contributed by atoms with Gasteiger partial charge < -0.3 is 15.7 Å². The minimum absolute atomic E-state index is 0.0148. The molecule has 2 unspecified atom stereocenters. The molecule has 0 aliphatic carbocycles. The molecule has 1 saturated heterocycles. The fourth-order valence-corrected chi connectivity index (χ4v) is 2.53. The van der Waals surface area contributed by atoms with E-state index in [2.05, 4.69) is 15.7 Å². The molecule has 1 aromatic heterocycles. The Bertz CT molecular complexity index is 744. The van der Waals surface area contributed by atoms with Gasteiger partial charge in [0.25, 0.3) is 11.5 Å². The second-order valence-electron chi connectivity index (χ2n) is 5.50. The molecule has 0 radical (unpaired) electrons. The number of aliphatic hydroxyl groups is 1. The van der Waals surface area contributed by atoms with Gasteiger partial charge in [-0.2, -0.15) is 9.78 Å². The van der Waals surface area contributed by atoms with E-state index in [4.69, 9.17) is 0 Å².